The van der Waals surface area contributed by atoms with Crippen molar-refractivity contribution < 1.29 is 9.59 Å². The van der Waals surface area contributed by atoms with Gasteiger partial charge >= 0.3 is 0 Å². The van der Waals surface area contributed by atoms with Crippen LogP contribution in [-0.4, -0.2) is 26.5 Å². The first-order valence-corrected chi connectivity index (χ1v) is 9.69. The first kappa shape index (κ1) is 17.5. The lowest BCUT2D eigenvalue weighted by atomic mass is 10.2. The fourth-order valence-electron chi connectivity index (χ4n) is 2.63. The van der Waals surface area contributed by atoms with Gasteiger partial charge in [-0.1, -0.05) is 11.3 Å². The number of benzene rings is 1. The number of hydrogen-bond donors (Lipinski definition) is 2. The molecule has 1 saturated heterocycles. The summed E-state index contributed by atoms with van der Waals surface area (Å²) in [6.07, 6.45) is 5.36. The summed E-state index contributed by atoms with van der Waals surface area (Å²) in [6.45, 7) is 1.43. The monoisotopic (exact) mass is 397 g/mol. The third-order valence-electron chi connectivity index (χ3n) is 3.83. The van der Waals surface area contributed by atoms with Crippen LogP contribution in [0, 0.1) is 0 Å². The fraction of sp³-hybridized carbons (Fsp3) is 0.111. The number of hydrogen-bond acceptors (Lipinski definition) is 6. The summed E-state index contributed by atoms with van der Waals surface area (Å²) in [5.41, 5.74) is 1.91. The molecule has 3 heterocycles. The third-order valence-corrected chi connectivity index (χ3v) is 5.60. The van der Waals surface area contributed by atoms with Crippen LogP contribution >= 0.6 is 23.1 Å². The standard InChI is InChI=1S/C18H15N5O2S2/c1-10(24)20-17-19-9-13(26-17)8-15-16(25)22-18(27-15)21-12-3-4-14-11(7-12)5-6-23(14)2/h3-9H,1-2H3,(H,19,20,24)(H,21,22,25)/b15-8-. The van der Waals surface area contributed by atoms with Crippen LogP contribution in [0.2, 0.25) is 0 Å². The summed E-state index contributed by atoms with van der Waals surface area (Å²) in [7, 11) is 1.99. The summed E-state index contributed by atoms with van der Waals surface area (Å²) in [6, 6.07) is 7.95. The number of carbonyl (C=O) groups is 2. The van der Waals surface area contributed by atoms with E-state index >= 15 is 0 Å². The number of rotatable bonds is 3. The van der Waals surface area contributed by atoms with Gasteiger partial charge in [0.15, 0.2) is 10.3 Å². The van der Waals surface area contributed by atoms with E-state index in [1.165, 1.54) is 30.0 Å². The number of aryl methyl sites for hydroxylation is 1. The second kappa shape index (κ2) is 7.01. The van der Waals surface area contributed by atoms with E-state index in [1.807, 2.05) is 42.1 Å². The number of nitrogens with one attached hydrogen (secondary N) is 2. The molecule has 2 amide bonds. The topological polar surface area (TPSA) is 88.4 Å². The highest BCUT2D eigenvalue weighted by atomic mass is 32.2. The number of aromatic nitrogens is 2. The number of amidine groups is 1. The van der Waals surface area contributed by atoms with Gasteiger partial charge in [0.25, 0.3) is 5.91 Å². The van der Waals surface area contributed by atoms with Crippen LogP contribution in [0.25, 0.3) is 17.0 Å². The Bertz CT molecular complexity index is 1130. The van der Waals surface area contributed by atoms with Gasteiger partial charge < -0.3 is 15.2 Å². The molecular weight excluding hydrogens is 382 g/mol. The van der Waals surface area contributed by atoms with Gasteiger partial charge in [0.2, 0.25) is 5.91 Å². The van der Waals surface area contributed by atoms with Crippen LogP contribution in [-0.2, 0) is 16.6 Å². The Morgan fingerprint density at radius 2 is 2.22 bits per heavy atom. The molecule has 0 aliphatic carbocycles. The van der Waals surface area contributed by atoms with E-state index in [-0.39, 0.29) is 11.8 Å². The molecule has 136 valence electrons. The van der Waals surface area contributed by atoms with Gasteiger partial charge in [-0.3, -0.25) is 9.59 Å². The first-order valence-electron chi connectivity index (χ1n) is 8.06. The summed E-state index contributed by atoms with van der Waals surface area (Å²) in [5, 5.41) is 7.54. The molecular formula is C18H15N5O2S2. The maximum atomic E-state index is 12.2. The average Bonchev–Trinajstić information content (AvgIpc) is 3.29. The van der Waals surface area contributed by atoms with Crippen LogP contribution in [0.4, 0.5) is 10.8 Å². The molecule has 1 aliphatic heterocycles. The van der Waals surface area contributed by atoms with Gasteiger partial charge in [-0.2, -0.15) is 0 Å². The maximum absolute atomic E-state index is 12.2. The van der Waals surface area contributed by atoms with Crippen molar-refractivity contribution in [2.45, 2.75) is 6.92 Å². The number of thioether (sulfide) groups is 1. The zero-order valence-electron chi connectivity index (χ0n) is 14.5. The molecule has 1 aliphatic rings. The smallest absolute Gasteiger partial charge is 0.264 e. The van der Waals surface area contributed by atoms with Crippen molar-refractivity contribution >= 4 is 67.9 Å². The largest absolute Gasteiger partial charge is 0.351 e. The van der Waals surface area contributed by atoms with E-state index in [2.05, 4.69) is 20.6 Å². The maximum Gasteiger partial charge on any atom is 0.264 e. The molecule has 0 radical (unpaired) electrons. The van der Waals surface area contributed by atoms with E-state index in [0.29, 0.717) is 15.2 Å². The van der Waals surface area contributed by atoms with E-state index in [9.17, 15) is 9.59 Å². The minimum atomic E-state index is -0.200. The lowest BCUT2D eigenvalue weighted by Crippen LogP contribution is -2.19. The van der Waals surface area contributed by atoms with Gasteiger partial charge in [0.05, 0.1) is 15.5 Å². The molecule has 1 aromatic carbocycles. The van der Waals surface area contributed by atoms with Crippen molar-refractivity contribution in [1.29, 1.82) is 0 Å². The Kier molecular flexibility index (Phi) is 4.54. The molecule has 4 rings (SSSR count). The van der Waals surface area contributed by atoms with Gasteiger partial charge in [-0.05, 0) is 42.1 Å². The van der Waals surface area contributed by atoms with Crippen LogP contribution < -0.4 is 10.6 Å². The first-order chi connectivity index (χ1) is 13.0. The number of carbonyl (C=O) groups excluding carboxylic acids is 2. The number of anilines is 1. The SMILES string of the molecule is CC(=O)Nc1ncc(/C=C2\SC(=Nc3ccc4c(ccn4C)c3)NC2=O)s1. The Labute approximate surface area is 163 Å². The molecule has 7 nitrogen and oxygen atoms in total. The van der Waals surface area contributed by atoms with Crippen LogP contribution in [0.5, 0.6) is 0 Å². The Balaban J connectivity index is 1.54. The molecule has 0 unspecified atom stereocenters. The second-order valence-corrected chi connectivity index (χ2v) is 7.99. The van der Waals surface area contributed by atoms with Gasteiger partial charge in [-0.15, -0.1) is 0 Å². The minimum absolute atomic E-state index is 0.179. The van der Waals surface area contributed by atoms with Crippen molar-refractivity contribution in [1.82, 2.24) is 14.9 Å². The summed E-state index contributed by atoms with van der Waals surface area (Å²) < 4.78 is 2.05. The molecule has 3 aromatic rings. The second-order valence-electron chi connectivity index (χ2n) is 5.90. The Hall–Kier alpha value is -2.91. The molecule has 0 atom stereocenters. The Morgan fingerprint density at radius 3 is 3.04 bits per heavy atom. The molecule has 9 heteroatoms. The fourth-order valence-corrected chi connectivity index (χ4v) is 4.34. The number of aliphatic imine (C=N–C) groups is 1. The quantitative estimate of drug-likeness (QED) is 0.662. The van der Waals surface area contributed by atoms with E-state index in [4.69, 9.17) is 0 Å². The molecule has 2 aromatic heterocycles. The zero-order valence-corrected chi connectivity index (χ0v) is 16.1. The summed E-state index contributed by atoms with van der Waals surface area (Å²) >= 11 is 2.58. The molecule has 1 fully saturated rings. The molecule has 0 spiro atoms. The van der Waals surface area contributed by atoms with Crippen LogP contribution in [0.15, 0.2) is 46.6 Å². The van der Waals surface area contributed by atoms with Crippen LogP contribution in [0.1, 0.15) is 11.8 Å². The predicted octanol–water partition coefficient (Wildman–Crippen LogP) is 3.48. The normalized spacial score (nSPS) is 17.0. The predicted molar refractivity (Wildman–Crippen MR) is 110 cm³/mol. The minimum Gasteiger partial charge on any atom is -0.351 e. The number of amides is 2. The Morgan fingerprint density at radius 1 is 1.37 bits per heavy atom. The highest BCUT2D eigenvalue weighted by Gasteiger charge is 2.24. The molecule has 0 saturated carbocycles. The van der Waals surface area contributed by atoms with Gasteiger partial charge in [0.1, 0.15) is 0 Å². The summed E-state index contributed by atoms with van der Waals surface area (Å²) in [4.78, 5) is 33.2. The van der Waals surface area contributed by atoms with E-state index < -0.39 is 0 Å². The summed E-state index contributed by atoms with van der Waals surface area (Å²) in [5.74, 6) is -0.379. The van der Waals surface area contributed by atoms with Crippen molar-refractivity contribution in [2.24, 2.45) is 12.0 Å². The number of nitrogens with zero attached hydrogens (tertiary/aromatic N) is 3. The molecule has 0 bridgehead atoms. The average molecular weight is 397 g/mol. The van der Waals surface area contributed by atoms with Crippen molar-refractivity contribution in [2.75, 3.05) is 5.32 Å². The highest BCUT2D eigenvalue weighted by Crippen LogP contribution is 2.31. The lowest BCUT2D eigenvalue weighted by Gasteiger charge is -1.99. The highest BCUT2D eigenvalue weighted by molar-refractivity contribution is 8.18. The van der Waals surface area contributed by atoms with Gasteiger partial charge in [-0.25, -0.2) is 9.98 Å². The zero-order chi connectivity index (χ0) is 19.0. The van der Waals surface area contributed by atoms with E-state index in [0.717, 1.165) is 21.5 Å². The third kappa shape index (κ3) is 3.79. The van der Waals surface area contributed by atoms with Crippen LogP contribution in [0.3, 0.4) is 0 Å². The molecule has 2 N–H and O–H groups in total. The van der Waals surface area contributed by atoms with Crippen molar-refractivity contribution in [3.63, 3.8) is 0 Å². The lowest BCUT2D eigenvalue weighted by molar-refractivity contribution is -0.115. The van der Waals surface area contributed by atoms with Crippen molar-refractivity contribution in [3.05, 3.63) is 46.4 Å². The van der Waals surface area contributed by atoms with Gasteiger partial charge in [0, 0.05) is 37.3 Å². The van der Waals surface area contributed by atoms with E-state index in [1.54, 1.807) is 12.3 Å². The molecule has 27 heavy (non-hydrogen) atoms. The number of fused-ring (bicyclic) bond motifs is 1. The van der Waals surface area contributed by atoms with Crippen molar-refractivity contribution in [3.8, 4) is 0 Å². The number of thiazole rings is 1.